The van der Waals surface area contributed by atoms with Crippen molar-refractivity contribution in [2.45, 2.75) is 39.2 Å². The van der Waals surface area contributed by atoms with Gasteiger partial charge in [-0.15, -0.1) is 11.3 Å². The second-order valence-electron chi connectivity index (χ2n) is 5.81. The number of amides is 1. The molecule has 1 aliphatic carbocycles. The monoisotopic (exact) mass is 303 g/mol. The van der Waals surface area contributed by atoms with Gasteiger partial charge in [-0.25, -0.2) is 4.98 Å². The highest BCUT2D eigenvalue weighted by Crippen LogP contribution is 2.32. The summed E-state index contributed by atoms with van der Waals surface area (Å²) in [5, 5.41) is 5.08. The molecule has 0 fully saturated rings. The minimum absolute atomic E-state index is 0.0904. The molecule has 1 amide bonds. The van der Waals surface area contributed by atoms with E-state index in [0.29, 0.717) is 6.54 Å². The molecule has 0 bridgehead atoms. The molecular weight excluding hydrogens is 282 g/mol. The van der Waals surface area contributed by atoms with Gasteiger partial charge in [-0.3, -0.25) is 4.79 Å². The molecule has 1 aliphatic rings. The third kappa shape index (κ3) is 3.35. The SMILES string of the molecule is C[C@@H]1CCc2c(C(=O)NCCCn3ccnc3)csc2C1. The number of rotatable bonds is 5. The first-order valence-electron chi connectivity index (χ1n) is 7.57. The van der Waals surface area contributed by atoms with Crippen molar-refractivity contribution in [2.75, 3.05) is 6.54 Å². The number of carbonyl (C=O) groups excluding carboxylic acids is 1. The molecule has 2 aromatic rings. The lowest BCUT2D eigenvalue weighted by Gasteiger charge is -2.18. The Morgan fingerprint density at radius 2 is 2.48 bits per heavy atom. The molecule has 1 N–H and O–H groups in total. The molecule has 0 unspecified atom stereocenters. The summed E-state index contributed by atoms with van der Waals surface area (Å²) in [5.41, 5.74) is 2.20. The number of nitrogens with one attached hydrogen (secondary N) is 1. The lowest BCUT2D eigenvalue weighted by atomic mass is 9.88. The summed E-state index contributed by atoms with van der Waals surface area (Å²) in [6.45, 7) is 3.89. The first-order chi connectivity index (χ1) is 10.2. The van der Waals surface area contributed by atoms with Crippen molar-refractivity contribution in [2.24, 2.45) is 5.92 Å². The van der Waals surface area contributed by atoms with E-state index in [2.05, 4.69) is 17.2 Å². The van der Waals surface area contributed by atoms with Crippen LogP contribution in [-0.2, 0) is 19.4 Å². The fraction of sp³-hybridized carbons (Fsp3) is 0.500. The van der Waals surface area contributed by atoms with E-state index in [1.54, 1.807) is 23.9 Å². The van der Waals surface area contributed by atoms with Crippen molar-refractivity contribution in [1.29, 1.82) is 0 Å². The van der Waals surface area contributed by atoms with Gasteiger partial charge in [0.05, 0.1) is 11.9 Å². The Kier molecular flexibility index (Phi) is 4.39. The summed E-state index contributed by atoms with van der Waals surface area (Å²) < 4.78 is 2.03. The fourth-order valence-electron chi connectivity index (χ4n) is 2.85. The van der Waals surface area contributed by atoms with Crippen molar-refractivity contribution in [3.8, 4) is 0 Å². The van der Waals surface area contributed by atoms with Crippen LogP contribution in [-0.4, -0.2) is 22.0 Å². The van der Waals surface area contributed by atoms with E-state index in [4.69, 9.17) is 0 Å². The predicted octanol–water partition coefficient (Wildman–Crippen LogP) is 2.89. The van der Waals surface area contributed by atoms with E-state index in [1.165, 1.54) is 16.9 Å². The predicted molar refractivity (Wildman–Crippen MR) is 84.7 cm³/mol. The molecule has 0 aliphatic heterocycles. The number of carbonyl (C=O) groups is 1. The second kappa shape index (κ2) is 6.43. The topological polar surface area (TPSA) is 46.9 Å². The molecule has 2 heterocycles. The van der Waals surface area contributed by atoms with Crippen LogP contribution in [0.25, 0.3) is 0 Å². The van der Waals surface area contributed by atoms with Gasteiger partial charge in [0.1, 0.15) is 0 Å². The van der Waals surface area contributed by atoms with Crippen LogP contribution in [0.2, 0.25) is 0 Å². The maximum Gasteiger partial charge on any atom is 0.252 e. The van der Waals surface area contributed by atoms with Gasteiger partial charge >= 0.3 is 0 Å². The van der Waals surface area contributed by atoms with Crippen LogP contribution in [0, 0.1) is 5.92 Å². The smallest absolute Gasteiger partial charge is 0.252 e. The van der Waals surface area contributed by atoms with Gasteiger partial charge in [0.15, 0.2) is 0 Å². The number of fused-ring (bicyclic) bond motifs is 1. The summed E-state index contributed by atoms with van der Waals surface area (Å²) in [5.74, 6) is 0.843. The van der Waals surface area contributed by atoms with Gasteiger partial charge in [0.25, 0.3) is 5.91 Å². The third-order valence-corrected chi connectivity index (χ3v) is 5.14. The summed E-state index contributed by atoms with van der Waals surface area (Å²) in [7, 11) is 0. The van der Waals surface area contributed by atoms with Crippen molar-refractivity contribution < 1.29 is 4.79 Å². The highest BCUT2D eigenvalue weighted by molar-refractivity contribution is 7.10. The lowest BCUT2D eigenvalue weighted by molar-refractivity contribution is 0.0952. The molecular formula is C16H21N3OS. The van der Waals surface area contributed by atoms with Gasteiger partial charge in [-0.2, -0.15) is 0 Å². The van der Waals surface area contributed by atoms with Gasteiger partial charge in [0.2, 0.25) is 0 Å². The number of imidazole rings is 1. The molecule has 3 rings (SSSR count). The van der Waals surface area contributed by atoms with E-state index in [-0.39, 0.29) is 5.91 Å². The molecule has 0 spiro atoms. The molecule has 5 heteroatoms. The Morgan fingerprint density at radius 3 is 3.29 bits per heavy atom. The summed E-state index contributed by atoms with van der Waals surface area (Å²) in [6.07, 6.45) is 9.83. The Bertz CT molecular complexity index is 603. The Hall–Kier alpha value is -1.62. The van der Waals surface area contributed by atoms with E-state index in [1.807, 2.05) is 16.1 Å². The van der Waals surface area contributed by atoms with Crippen molar-refractivity contribution >= 4 is 17.2 Å². The van der Waals surface area contributed by atoms with Crippen LogP contribution in [0.3, 0.4) is 0 Å². The molecule has 112 valence electrons. The molecule has 4 nitrogen and oxygen atoms in total. The first kappa shape index (κ1) is 14.3. The largest absolute Gasteiger partial charge is 0.352 e. The second-order valence-corrected chi connectivity index (χ2v) is 6.77. The van der Waals surface area contributed by atoms with E-state index >= 15 is 0 Å². The minimum Gasteiger partial charge on any atom is -0.352 e. The summed E-state index contributed by atoms with van der Waals surface area (Å²) >= 11 is 1.75. The van der Waals surface area contributed by atoms with Gasteiger partial charge in [-0.1, -0.05) is 6.92 Å². The van der Waals surface area contributed by atoms with Crippen LogP contribution in [0.5, 0.6) is 0 Å². The van der Waals surface area contributed by atoms with Gasteiger partial charge in [-0.05, 0) is 37.2 Å². The molecule has 0 radical (unpaired) electrons. The fourth-order valence-corrected chi connectivity index (χ4v) is 4.09. The normalized spacial score (nSPS) is 17.5. The number of thiophene rings is 1. The highest BCUT2D eigenvalue weighted by atomic mass is 32.1. The maximum atomic E-state index is 12.3. The van der Waals surface area contributed by atoms with E-state index in [0.717, 1.165) is 37.3 Å². The number of hydrogen-bond donors (Lipinski definition) is 1. The number of aryl methyl sites for hydroxylation is 1. The molecule has 0 saturated heterocycles. The third-order valence-electron chi connectivity index (χ3n) is 4.08. The van der Waals surface area contributed by atoms with Crippen molar-refractivity contribution in [3.05, 3.63) is 40.1 Å². The standard InChI is InChI=1S/C16H21N3OS/c1-12-3-4-13-14(10-21-15(13)9-12)16(20)18-5-2-7-19-8-6-17-11-19/h6,8,10-12H,2-5,7,9H2,1H3,(H,18,20)/t12-/m1/s1. The van der Waals surface area contributed by atoms with Crippen LogP contribution >= 0.6 is 11.3 Å². The van der Waals surface area contributed by atoms with Crippen molar-refractivity contribution in [3.63, 3.8) is 0 Å². The van der Waals surface area contributed by atoms with E-state index < -0.39 is 0 Å². The zero-order valence-electron chi connectivity index (χ0n) is 12.3. The average molecular weight is 303 g/mol. The molecule has 0 aromatic carbocycles. The molecule has 0 saturated carbocycles. The summed E-state index contributed by atoms with van der Waals surface area (Å²) in [6, 6.07) is 0. The average Bonchev–Trinajstić information content (AvgIpc) is 3.12. The highest BCUT2D eigenvalue weighted by Gasteiger charge is 2.22. The van der Waals surface area contributed by atoms with Crippen LogP contribution in [0.1, 0.15) is 40.6 Å². The number of aromatic nitrogens is 2. The van der Waals surface area contributed by atoms with Crippen LogP contribution in [0.15, 0.2) is 24.1 Å². The number of hydrogen-bond acceptors (Lipinski definition) is 3. The van der Waals surface area contributed by atoms with E-state index in [9.17, 15) is 4.79 Å². The Morgan fingerprint density at radius 1 is 1.57 bits per heavy atom. The van der Waals surface area contributed by atoms with Crippen molar-refractivity contribution in [1.82, 2.24) is 14.9 Å². The summed E-state index contributed by atoms with van der Waals surface area (Å²) in [4.78, 5) is 17.7. The first-order valence-corrected chi connectivity index (χ1v) is 8.45. The quantitative estimate of drug-likeness (QED) is 0.863. The van der Waals surface area contributed by atoms with Crippen LogP contribution < -0.4 is 5.32 Å². The Balaban J connectivity index is 1.52. The number of nitrogens with zero attached hydrogens (tertiary/aromatic N) is 2. The molecule has 2 aromatic heterocycles. The van der Waals surface area contributed by atoms with Gasteiger partial charge in [0, 0.05) is 35.7 Å². The minimum atomic E-state index is 0.0904. The zero-order chi connectivity index (χ0) is 14.7. The Labute approximate surface area is 129 Å². The maximum absolute atomic E-state index is 12.3. The van der Waals surface area contributed by atoms with Gasteiger partial charge < -0.3 is 9.88 Å². The zero-order valence-corrected chi connectivity index (χ0v) is 13.2. The lowest BCUT2D eigenvalue weighted by Crippen LogP contribution is -2.26. The van der Waals surface area contributed by atoms with Crippen LogP contribution in [0.4, 0.5) is 0 Å². The molecule has 21 heavy (non-hydrogen) atoms. The molecule has 1 atom stereocenters.